The molecular weight excluding hydrogens is 112 g/mol. The Bertz CT molecular complexity index is 79.0. The SMILES string of the molecule is C=C(CC)CNCCN. The number of rotatable bonds is 5. The number of nitrogens with two attached hydrogens (primary N) is 1. The van der Waals surface area contributed by atoms with Gasteiger partial charge in [0.1, 0.15) is 0 Å². The first-order valence-electron chi connectivity index (χ1n) is 3.38. The number of hydrogen-bond donors (Lipinski definition) is 2. The fourth-order valence-electron chi connectivity index (χ4n) is 0.492. The topological polar surface area (TPSA) is 38.0 Å². The van der Waals surface area contributed by atoms with Crippen LogP contribution in [-0.2, 0) is 0 Å². The molecule has 0 radical (unpaired) electrons. The molecule has 2 heteroatoms. The van der Waals surface area contributed by atoms with Gasteiger partial charge < -0.3 is 11.1 Å². The highest BCUT2D eigenvalue weighted by molar-refractivity contribution is 4.94. The lowest BCUT2D eigenvalue weighted by atomic mass is 10.2. The highest BCUT2D eigenvalue weighted by Crippen LogP contribution is 1.91. The molecule has 0 heterocycles. The lowest BCUT2D eigenvalue weighted by molar-refractivity contribution is 0.725. The molecule has 0 amide bonds. The van der Waals surface area contributed by atoms with Crippen molar-refractivity contribution in [3.63, 3.8) is 0 Å². The van der Waals surface area contributed by atoms with E-state index in [9.17, 15) is 0 Å². The van der Waals surface area contributed by atoms with Gasteiger partial charge in [0.15, 0.2) is 0 Å². The lowest BCUT2D eigenvalue weighted by Crippen LogP contribution is -2.24. The van der Waals surface area contributed by atoms with Crippen molar-refractivity contribution in [2.45, 2.75) is 13.3 Å². The van der Waals surface area contributed by atoms with Crippen LogP contribution in [-0.4, -0.2) is 19.6 Å². The molecule has 0 bridgehead atoms. The van der Waals surface area contributed by atoms with E-state index in [0.717, 1.165) is 19.5 Å². The van der Waals surface area contributed by atoms with E-state index in [2.05, 4.69) is 18.8 Å². The Hall–Kier alpha value is -0.340. The quantitative estimate of drug-likeness (QED) is 0.418. The van der Waals surface area contributed by atoms with Gasteiger partial charge in [0.05, 0.1) is 0 Å². The molecule has 0 atom stereocenters. The maximum absolute atomic E-state index is 5.26. The molecule has 0 aliphatic heterocycles. The minimum Gasteiger partial charge on any atom is -0.329 e. The van der Waals surface area contributed by atoms with E-state index >= 15 is 0 Å². The van der Waals surface area contributed by atoms with Gasteiger partial charge >= 0.3 is 0 Å². The summed E-state index contributed by atoms with van der Waals surface area (Å²) < 4.78 is 0. The van der Waals surface area contributed by atoms with E-state index in [4.69, 9.17) is 5.73 Å². The molecule has 0 aromatic rings. The van der Waals surface area contributed by atoms with Gasteiger partial charge in [0, 0.05) is 19.6 Å². The summed E-state index contributed by atoms with van der Waals surface area (Å²) in [6.45, 7) is 8.45. The fourth-order valence-corrected chi connectivity index (χ4v) is 0.492. The van der Waals surface area contributed by atoms with Crippen LogP contribution < -0.4 is 11.1 Å². The predicted octanol–water partition coefficient (Wildman–Crippen LogP) is 0.501. The van der Waals surface area contributed by atoms with Crippen LogP contribution in [0.2, 0.25) is 0 Å². The van der Waals surface area contributed by atoms with E-state index < -0.39 is 0 Å². The summed E-state index contributed by atoms with van der Waals surface area (Å²) in [5, 5.41) is 3.16. The Morgan fingerprint density at radius 1 is 1.67 bits per heavy atom. The van der Waals surface area contributed by atoms with Gasteiger partial charge in [0.25, 0.3) is 0 Å². The van der Waals surface area contributed by atoms with E-state index in [-0.39, 0.29) is 0 Å². The zero-order chi connectivity index (χ0) is 7.11. The standard InChI is InChI=1S/C7H16N2/c1-3-7(2)6-9-5-4-8/h9H,2-6,8H2,1H3. The van der Waals surface area contributed by atoms with E-state index in [1.54, 1.807) is 0 Å². The molecule has 0 aromatic carbocycles. The van der Waals surface area contributed by atoms with Crippen LogP contribution in [0.5, 0.6) is 0 Å². The summed E-state index contributed by atoms with van der Waals surface area (Å²) in [6, 6.07) is 0. The molecule has 2 nitrogen and oxygen atoms in total. The van der Waals surface area contributed by atoms with Crippen molar-refractivity contribution >= 4 is 0 Å². The second-order valence-corrected chi connectivity index (χ2v) is 2.07. The van der Waals surface area contributed by atoms with Crippen molar-refractivity contribution in [2.24, 2.45) is 5.73 Å². The maximum Gasteiger partial charge on any atom is 0.0162 e. The summed E-state index contributed by atoms with van der Waals surface area (Å²) in [5.41, 5.74) is 6.50. The van der Waals surface area contributed by atoms with E-state index in [1.165, 1.54) is 5.57 Å². The largest absolute Gasteiger partial charge is 0.329 e. The molecule has 3 N–H and O–H groups in total. The molecule has 0 aliphatic rings. The van der Waals surface area contributed by atoms with Gasteiger partial charge in [0.2, 0.25) is 0 Å². The van der Waals surface area contributed by atoms with Crippen LogP contribution in [0.4, 0.5) is 0 Å². The molecule has 0 saturated heterocycles. The number of hydrogen-bond acceptors (Lipinski definition) is 2. The molecule has 0 spiro atoms. The van der Waals surface area contributed by atoms with Crippen molar-refractivity contribution in [3.8, 4) is 0 Å². The van der Waals surface area contributed by atoms with Crippen molar-refractivity contribution in [3.05, 3.63) is 12.2 Å². The Kier molecular flexibility index (Phi) is 5.57. The van der Waals surface area contributed by atoms with Gasteiger partial charge in [-0.2, -0.15) is 0 Å². The summed E-state index contributed by atoms with van der Waals surface area (Å²) in [7, 11) is 0. The Morgan fingerprint density at radius 2 is 2.33 bits per heavy atom. The van der Waals surface area contributed by atoms with Crippen LogP contribution in [0.1, 0.15) is 13.3 Å². The van der Waals surface area contributed by atoms with Crippen LogP contribution in [0.15, 0.2) is 12.2 Å². The average Bonchev–Trinajstić information content (AvgIpc) is 1.89. The summed E-state index contributed by atoms with van der Waals surface area (Å²) in [4.78, 5) is 0. The van der Waals surface area contributed by atoms with Crippen LogP contribution in [0.3, 0.4) is 0 Å². The highest BCUT2D eigenvalue weighted by atomic mass is 14.9. The molecule has 0 unspecified atom stereocenters. The van der Waals surface area contributed by atoms with Crippen molar-refractivity contribution < 1.29 is 0 Å². The molecule has 0 aromatic heterocycles. The van der Waals surface area contributed by atoms with Gasteiger partial charge in [-0.3, -0.25) is 0 Å². The van der Waals surface area contributed by atoms with Crippen LogP contribution in [0, 0.1) is 0 Å². The third-order valence-corrected chi connectivity index (χ3v) is 1.20. The van der Waals surface area contributed by atoms with E-state index in [0.29, 0.717) is 6.54 Å². The fraction of sp³-hybridized carbons (Fsp3) is 0.714. The van der Waals surface area contributed by atoms with Gasteiger partial charge in [-0.05, 0) is 6.42 Å². The summed E-state index contributed by atoms with van der Waals surface area (Å²) in [6.07, 6.45) is 1.05. The Labute approximate surface area is 57.1 Å². The smallest absolute Gasteiger partial charge is 0.0162 e. The zero-order valence-corrected chi connectivity index (χ0v) is 6.11. The first-order valence-corrected chi connectivity index (χ1v) is 3.38. The molecular formula is C7H16N2. The molecule has 9 heavy (non-hydrogen) atoms. The lowest BCUT2D eigenvalue weighted by Gasteiger charge is -2.02. The molecule has 0 rings (SSSR count). The molecule has 0 aliphatic carbocycles. The second-order valence-electron chi connectivity index (χ2n) is 2.07. The second kappa shape index (κ2) is 5.79. The van der Waals surface area contributed by atoms with Crippen LogP contribution in [0.25, 0.3) is 0 Å². The monoisotopic (exact) mass is 128 g/mol. The molecule has 0 saturated carbocycles. The predicted molar refractivity (Wildman–Crippen MR) is 41.4 cm³/mol. The zero-order valence-electron chi connectivity index (χ0n) is 6.11. The summed E-state index contributed by atoms with van der Waals surface area (Å²) >= 11 is 0. The minimum absolute atomic E-state index is 0.705. The normalized spacial score (nSPS) is 9.56. The van der Waals surface area contributed by atoms with Gasteiger partial charge in [-0.1, -0.05) is 19.1 Å². The van der Waals surface area contributed by atoms with Crippen molar-refractivity contribution in [2.75, 3.05) is 19.6 Å². The first kappa shape index (κ1) is 8.66. The van der Waals surface area contributed by atoms with E-state index in [1.807, 2.05) is 0 Å². The maximum atomic E-state index is 5.26. The highest BCUT2D eigenvalue weighted by Gasteiger charge is 1.86. The average molecular weight is 128 g/mol. The number of nitrogens with one attached hydrogen (secondary N) is 1. The van der Waals surface area contributed by atoms with Gasteiger partial charge in [-0.25, -0.2) is 0 Å². The molecule has 54 valence electrons. The Balaban J connectivity index is 2.97. The minimum atomic E-state index is 0.705. The van der Waals surface area contributed by atoms with Crippen molar-refractivity contribution in [1.29, 1.82) is 0 Å². The molecule has 0 fully saturated rings. The van der Waals surface area contributed by atoms with Gasteiger partial charge in [-0.15, -0.1) is 0 Å². The van der Waals surface area contributed by atoms with Crippen LogP contribution >= 0.6 is 0 Å². The summed E-state index contributed by atoms with van der Waals surface area (Å²) in [5.74, 6) is 0. The van der Waals surface area contributed by atoms with Crippen molar-refractivity contribution in [1.82, 2.24) is 5.32 Å². The third-order valence-electron chi connectivity index (χ3n) is 1.20. The third kappa shape index (κ3) is 5.53. The Morgan fingerprint density at radius 3 is 2.78 bits per heavy atom. The first-order chi connectivity index (χ1) is 4.31.